The minimum absolute atomic E-state index is 0.0418. The number of amides is 1. The topological polar surface area (TPSA) is 83.5 Å². The Hall–Kier alpha value is -3.00. The molecule has 8 nitrogen and oxygen atoms in total. The van der Waals surface area contributed by atoms with Crippen LogP contribution < -0.4 is 15.0 Å². The van der Waals surface area contributed by atoms with Crippen LogP contribution in [0.15, 0.2) is 30.7 Å². The lowest BCUT2D eigenvalue weighted by Gasteiger charge is -2.25. The molecule has 1 aliphatic carbocycles. The van der Waals surface area contributed by atoms with E-state index in [0.29, 0.717) is 29.6 Å². The second kappa shape index (κ2) is 9.65. The lowest BCUT2D eigenvalue weighted by atomic mass is 10.1. The highest BCUT2D eigenvalue weighted by atomic mass is 16.5. The molecule has 0 saturated heterocycles. The number of rotatable bonds is 8. The van der Waals surface area contributed by atoms with Gasteiger partial charge in [-0.1, -0.05) is 6.58 Å². The molecule has 0 unspecified atom stereocenters. The van der Waals surface area contributed by atoms with Crippen molar-refractivity contribution in [3.05, 3.63) is 41.9 Å². The molecule has 1 aliphatic rings. The van der Waals surface area contributed by atoms with Gasteiger partial charge in [-0.05, 0) is 60.2 Å². The smallest absolute Gasteiger partial charge is 0.239 e. The number of pyridine rings is 1. The van der Waals surface area contributed by atoms with Crippen LogP contribution in [0.5, 0.6) is 5.75 Å². The zero-order valence-electron chi connectivity index (χ0n) is 20.0. The fraction of sp³-hybridized carbons (Fsp3) is 0.500. The van der Waals surface area contributed by atoms with E-state index in [1.54, 1.807) is 12.3 Å². The Morgan fingerprint density at radius 3 is 2.62 bits per heavy atom. The predicted octanol–water partition coefficient (Wildman–Crippen LogP) is 2.83. The maximum Gasteiger partial charge on any atom is 0.239 e. The van der Waals surface area contributed by atoms with Crippen LogP contribution >= 0.6 is 0 Å². The van der Waals surface area contributed by atoms with Crippen LogP contribution in [0.4, 0.5) is 5.82 Å². The number of likely N-dealkylation sites (N-methyl/N-ethyl adjacent to an activating group) is 2. The van der Waals surface area contributed by atoms with Crippen LogP contribution in [-0.2, 0) is 17.6 Å². The van der Waals surface area contributed by atoms with Crippen LogP contribution in [0.2, 0.25) is 0 Å². The summed E-state index contributed by atoms with van der Waals surface area (Å²) in [4.78, 5) is 30.5. The quantitative estimate of drug-likeness (QED) is 0.635. The van der Waals surface area contributed by atoms with Crippen LogP contribution in [0.1, 0.15) is 38.4 Å². The Morgan fingerprint density at radius 2 is 1.94 bits per heavy atom. The van der Waals surface area contributed by atoms with E-state index < -0.39 is 0 Å². The molecule has 32 heavy (non-hydrogen) atoms. The molecule has 0 aliphatic heterocycles. The molecule has 0 atom stereocenters. The van der Waals surface area contributed by atoms with E-state index in [9.17, 15) is 4.79 Å². The van der Waals surface area contributed by atoms with Crippen molar-refractivity contribution in [2.75, 3.05) is 39.1 Å². The minimum Gasteiger partial charge on any atom is -0.461 e. The highest BCUT2D eigenvalue weighted by molar-refractivity contribution is 5.82. The number of aromatic nitrogens is 3. The summed E-state index contributed by atoms with van der Waals surface area (Å²) < 4.78 is 5.86. The molecule has 2 aromatic heterocycles. The summed E-state index contributed by atoms with van der Waals surface area (Å²) in [6, 6.07) is 3.62. The normalized spacial score (nSPS) is 13.1. The summed E-state index contributed by atoms with van der Waals surface area (Å²) in [6.45, 7) is 10.7. The van der Waals surface area contributed by atoms with Gasteiger partial charge in [0.2, 0.25) is 5.91 Å². The SMILES string of the molecule is C=C(CN(C)C)Oc1ccnc(-c2nc3c(c(N(C)CC(=O)NC(C)(C)C)n2)CCC3)c1. The molecule has 0 radical (unpaired) electrons. The van der Waals surface area contributed by atoms with Gasteiger partial charge in [0.1, 0.15) is 23.0 Å². The lowest BCUT2D eigenvalue weighted by molar-refractivity contribution is -0.121. The number of carbonyl (C=O) groups is 1. The molecule has 0 fully saturated rings. The van der Waals surface area contributed by atoms with E-state index >= 15 is 0 Å². The fourth-order valence-electron chi connectivity index (χ4n) is 3.74. The zero-order valence-corrected chi connectivity index (χ0v) is 20.0. The molecule has 0 spiro atoms. The molecule has 1 amide bonds. The second-order valence-electron chi connectivity index (χ2n) is 9.56. The van der Waals surface area contributed by atoms with Gasteiger partial charge in [0, 0.05) is 36.1 Å². The van der Waals surface area contributed by atoms with Crippen LogP contribution in [0, 0.1) is 0 Å². The summed E-state index contributed by atoms with van der Waals surface area (Å²) in [6.07, 6.45) is 4.53. The van der Waals surface area contributed by atoms with Gasteiger partial charge in [0.05, 0.1) is 13.1 Å². The highest BCUT2D eigenvalue weighted by Gasteiger charge is 2.24. The standard InChI is InChI=1S/C24H34N6O2/c1-16(14-29(5)6)32-17-11-12-25-20(13-17)22-26-19-10-8-9-18(19)23(27-22)30(7)15-21(31)28-24(2,3)4/h11-13H,1,8-10,14-15H2,2-7H3,(H,28,31). The van der Waals surface area contributed by atoms with Gasteiger partial charge in [0.15, 0.2) is 5.82 Å². The third kappa shape index (κ3) is 6.26. The third-order valence-electron chi connectivity index (χ3n) is 4.88. The molecular formula is C24H34N6O2. The number of hydrogen-bond acceptors (Lipinski definition) is 7. The average Bonchev–Trinajstić information content (AvgIpc) is 3.13. The monoisotopic (exact) mass is 438 g/mol. The van der Waals surface area contributed by atoms with Gasteiger partial charge in [-0.15, -0.1) is 0 Å². The lowest BCUT2D eigenvalue weighted by Crippen LogP contribution is -2.45. The van der Waals surface area contributed by atoms with E-state index in [4.69, 9.17) is 14.7 Å². The summed E-state index contributed by atoms with van der Waals surface area (Å²) in [7, 11) is 5.82. The molecule has 0 aromatic carbocycles. The zero-order chi connectivity index (χ0) is 23.5. The van der Waals surface area contributed by atoms with Crippen molar-refractivity contribution in [3.63, 3.8) is 0 Å². The van der Waals surface area contributed by atoms with Gasteiger partial charge < -0.3 is 19.9 Å². The number of ether oxygens (including phenoxy) is 1. The van der Waals surface area contributed by atoms with E-state index in [2.05, 4.69) is 16.9 Å². The van der Waals surface area contributed by atoms with E-state index in [1.807, 2.05) is 57.8 Å². The largest absolute Gasteiger partial charge is 0.461 e. The number of carbonyl (C=O) groups excluding carboxylic acids is 1. The highest BCUT2D eigenvalue weighted by Crippen LogP contribution is 2.31. The Bertz CT molecular complexity index is 996. The van der Waals surface area contributed by atoms with Crippen molar-refractivity contribution >= 4 is 11.7 Å². The Balaban J connectivity index is 1.87. The number of hydrogen-bond donors (Lipinski definition) is 1. The van der Waals surface area contributed by atoms with Crippen LogP contribution in [-0.4, -0.2) is 65.5 Å². The van der Waals surface area contributed by atoms with Crippen molar-refractivity contribution in [3.8, 4) is 17.3 Å². The molecule has 8 heteroatoms. The number of nitrogens with one attached hydrogen (secondary N) is 1. The molecule has 172 valence electrons. The number of nitrogens with zero attached hydrogens (tertiary/aromatic N) is 5. The maximum absolute atomic E-state index is 12.5. The summed E-state index contributed by atoms with van der Waals surface area (Å²) in [5.74, 6) is 2.57. The van der Waals surface area contributed by atoms with E-state index in [0.717, 1.165) is 36.3 Å². The number of anilines is 1. The number of aryl methyl sites for hydroxylation is 1. The minimum atomic E-state index is -0.280. The van der Waals surface area contributed by atoms with Crippen molar-refractivity contribution < 1.29 is 9.53 Å². The fourth-order valence-corrected chi connectivity index (χ4v) is 3.74. The van der Waals surface area contributed by atoms with E-state index in [1.165, 1.54) is 0 Å². The number of fused-ring (bicyclic) bond motifs is 1. The second-order valence-corrected chi connectivity index (χ2v) is 9.56. The van der Waals surface area contributed by atoms with Crippen LogP contribution in [0.25, 0.3) is 11.5 Å². The summed E-state index contributed by atoms with van der Waals surface area (Å²) in [5, 5.41) is 3.01. The molecule has 3 rings (SSSR count). The van der Waals surface area contributed by atoms with Crippen molar-refractivity contribution in [2.45, 2.75) is 45.6 Å². The van der Waals surface area contributed by atoms with Gasteiger partial charge in [-0.3, -0.25) is 9.78 Å². The molecule has 1 N–H and O–H groups in total. The summed E-state index contributed by atoms with van der Waals surface area (Å²) in [5.41, 5.74) is 2.49. The third-order valence-corrected chi connectivity index (χ3v) is 4.88. The first-order chi connectivity index (χ1) is 15.0. The van der Waals surface area contributed by atoms with Gasteiger partial charge in [-0.2, -0.15) is 0 Å². The molecular weight excluding hydrogens is 404 g/mol. The van der Waals surface area contributed by atoms with E-state index in [-0.39, 0.29) is 18.0 Å². The first-order valence-corrected chi connectivity index (χ1v) is 10.9. The van der Waals surface area contributed by atoms with Crippen LogP contribution in [0.3, 0.4) is 0 Å². The molecule has 2 heterocycles. The first-order valence-electron chi connectivity index (χ1n) is 10.9. The van der Waals surface area contributed by atoms with Crippen molar-refractivity contribution in [1.29, 1.82) is 0 Å². The Labute approximate surface area is 190 Å². The molecule has 2 aromatic rings. The Kier molecular flexibility index (Phi) is 7.13. The molecule has 0 bridgehead atoms. The first kappa shape index (κ1) is 23.7. The van der Waals surface area contributed by atoms with Crippen molar-refractivity contribution in [1.82, 2.24) is 25.2 Å². The van der Waals surface area contributed by atoms with Gasteiger partial charge in [0.25, 0.3) is 0 Å². The van der Waals surface area contributed by atoms with Gasteiger partial charge >= 0.3 is 0 Å². The van der Waals surface area contributed by atoms with Crippen molar-refractivity contribution in [2.24, 2.45) is 0 Å². The average molecular weight is 439 g/mol. The Morgan fingerprint density at radius 1 is 1.19 bits per heavy atom. The predicted molar refractivity (Wildman–Crippen MR) is 127 cm³/mol. The maximum atomic E-state index is 12.5. The summed E-state index contributed by atoms with van der Waals surface area (Å²) >= 11 is 0. The molecule has 0 saturated carbocycles. The van der Waals surface area contributed by atoms with Gasteiger partial charge in [-0.25, -0.2) is 9.97 Å².